The van der Waals surface area contributed by atoms with Crippen molar-refractivity contribution in [2.75, 3.05) is 6.61 Å². The minimum absolute atomic E-state index is 0.0471. The van der Waals surface area contributed by atoms with Gasteiger partial charge in [0, 0.05) is 0 Å². The van der Waals surface area contributed by atoms with Crippen molar-refractivity contribution in [3.63, 3.8) is 0 Å². The van der Waals surface area contributed by atoms with Crippen LogP contribution in [-0.2, 0) is 25.1 Å². The highest BCUT2D eigenvalue weighted by Crippen LogP contribution is 2.48. The maximum absolute atomic E-state index is 11.7. The first-order valence-corrected chi connectivity index (χ1v) is 7.38. The van der Waals surface area contributed by atoms with Crippen molar-refractivity contribution < 1.29 is 23.2 Å². The molecular formula is C12H15NO5S. The lowest BCUT2D eigenvalue weighted by Crippen LogP contribution is -2.24. The molecule has 6 nitrogen and oxygen atoms in total. The summed E-state index contributed by atoms with van der Waals surface area (Å²) in [6.07, 6.45) is 1.18. The predicted octanol–water partition coefficient (Wildman–Crippen LogP) is 1.03. The van der Waals surface area contributed by atoms with Crippen molar-refractivity contribution in [1.82, 2.24) is 4.89 Å². The lowest BCUT2D eigenvalue weighted by atomic mass is 9.96. The van der Waals surface area contributed by atoms with Gasteiger partial charge in [0.15, 0.2) is 0 Å². The largest absolute Gasteiger partial charge is 0.481 e. The fraction of sp³-hybridized carbons (Fsp3) is 0.417. The molecule has 0 saturated heterocycles. The first-order valence-electron chi connectivity index (χ1n) is 5.90. The smallest absolute Gasteiger partial charge is 0.314 e. The molecule has 1 fully saturated rings. The summed E-state index contributed by atoms with van der Waals surface area (Å²) < 4.78 is 23.5. The third-order valence-electron chi connectivity index (χ3n) is 3.19. The molecule has 0 amide bonds. The molecule has 0 aromatic heterocycles. The zero-order valence-corrected chi connectivity index (χ0v) is 11.2. The van der Waals surface area contributed by atoms with Crippen LogP contribution in [-0.4, -0.2) is 26.1 Å². The third kappa shape index (κ3) is 2.63. The van der Waals surface area contributed by atoms with Crippen LogP contribution < -0.4 is 4.89 Å². The number of carbonyl (C=O) groups is 1. The van der Waals surface area contributed by atoms with Crippen LogP contribution in [0, 0.1) is 0 Å². The fourth-order valence-corrected chi connectivity index (χ4v) is 2.75. The molecule has 2 rings (SSSR count). The zero-order valence-electron chi connectivity index (χ0n) is 10.4. The van der Waals surface area contributed by atoms with E-state index < -0.39 is 21.4 Å². The average molecular weight is 285 g/mol. The molecule has 7 heteroatoms. The summed E-state index contributed by atoms with van der Waals surface area (Å²) in [5.74, 6) is -0.865. The van der Waals surface area contributed by atoms with Gasteiger partial charge in [0.25, 0.3) is 10.0 Å². The zero-order chi connectivity index (χ0) is 14.1. The van der Waals surface area contributed by atoms with Gasteiger partial charge in [-0.05, 0) is 37.5 Å². The van der Waals surface area contributed by atoms with Gasteiger partial charge in [0.05, 0.1) is 16.9 Å². The minimum Gasteiger partial charge on any atom is -0.481 e. The normalized spacial score (nSPS) is 17.1. The lowest BCUT2D eigenvalue weighted by molar-refractivity contribution is -0.140. The van der Waals surface area contributed by atoms with E-state index in [0.717, 1.165) is 0 Å². The second kappa shape index (κ2) is 4.92. The Morgan fingerprint density at radius 1 is 1.37 bits per heavy atom. The summed E-state index contributed by atoms with van der Waals surface area (Å²) in [7, 11) is -3.70. The summed E-state index contributed by atoms with van der Waals surface area (Å²) in [5, 5.41) is 9.15. The van der Waals surface area contributed by atoms with E-state index in [-0.39, 0.29) is 11.5 Å². The van der Waals surface area contributed by atoms with Crippen molar-refractivity contribution in [3.05, 3.63) is 29.8 Å². The van der Waals surface area contributed by atoms with Gasteiger partial charge in [0.1, 0.15) is 0 Å². The molecule has 0 heterocycles. The Balaban J connectivity index is 2.22. The highest BCUT2D eigenvalue weighted by atomic mass is 32.2. The van der Waals surface area contributed by atoms with Crippen molar-refractivity contribution in [2.24, 2.45) is 0 Å². The Bertz CT molecular complexity index is 575. The van der Waals surface area contributed by atoms with Gasteiger partial charge < -0.3 is 5.11 Å². The van der Waals surface area contributed by atoms with Gasteiger partial charge in [-0.3, -0.25) is 9.63 Å². The second-order valence-corrected chi connectivity index (χ2v) is 6.08. The number of hydrogen-bond acceptors (Lipinski definition) is 4. The molecule has 1 aliphatic rings. The van der Waals surface area contributed by atoms with E-state index in [1.165, 1.54) is 12.1 Å². The third-order valence-corrected chi connectivity index (χ3v) is 4.42. The number of hydrogen-bond donors (Lipinski definition) is 2. The molecule has 2 N–H and O–H groups in total. The molecule has 0 atom stereocenters. The molecule has 0 aliphatic heterocycles. The Labute approximate surface area is 111 Å². The molecule has 19 heavy (non-hydrogen) atoms. The second-order valence-electron chi connectivity index (χ2n) is 4.43. The molecule has 1 aromatic carbocycles. The Morgan fingerprint density at radius 3 is 2.37 bits per heavy atom. The number of sulfonamides is 1. The maximum atomic E-state index is 11.7. The van der Waals surface area contributed by atoms with Crippen LogP contribution in [0.25, 0.3) is 0 Å². The SMILES string of the molecule is CCONS(=O)(=O)c1ccc(C2(C(=O)O)CC2)cc1. The van der Waals surface area contributed by atoms with Crippen LogP contribution in [0.5, 0.6) is 0 Å². The number of carboxylic acids is 1. The van der Waals surface area contributed by atoms with E-state index in [4.69, 9.17) is 5.11 Å². The Morgan fingerprint density at radius 2 is 1.95 bits per heavy atom. The van der Waals surface area contributed by atoms with Crippen LogP contribution in [0.1, 0.15) is 25.3 Å². The number of benzene rings is 1. The van der Waals surface area contributed by atoms with E-state index in [1.54, 1.807) is 19.1 Å². The van der Waals surface area contributed by atoms with Crippen LogP contribution in [0.15, 0.2) is 29.2 Å². The molecule has 1 saturated carbocycles. The van der Waals surface area contributed by atoms with Crippen molar-refractivity contribution in [3.8, 4) is 0 Å². The minimum atomic E-state index is -3.70. The maximum Gasteiger partial charge on any atom is 0.314 e. The van der Waals surface area contributed by atoms with E-state index in [9.17, 15) is 13.2 Å². The number of nitrogens with one attached hydrogen (secondary N) is 1. The predicted molar refractivity (Wildman–Crippen MR) is 66.9 cm³/mol. The molecule has 0 radical (unpaired) electrons. The quantitative estimate of drug-likeness (QED) is 0.762. The van der Waals surface area contributed by atoms with E-state index >= 15 is 0 Å². The van der Waals surface area contributed by atoms with Gasteiger partial charge in [-0.25, -0.2) is 8.42 Å². The van der Waals surface area contributed by atoms with Gasteiger partial charge in [-0.15, -0.1) is 0 Å². The van der Waals surface area contributed by atoms with E-state index in [0.29, 0.717) is 18.4 Å². The van der Waals surface area contributed by atoms with Crippen LogP contribution in [0.3, 0.4) is 0 Å². The monoisotopic (exact) mass is 285 g/mol. The summed E-state index contributed by atoms with van der Waals surface area (Å²) >= 11 is 0. The number of aliphatic carboxylic acids is 1. The molecule has 104 valence electrons. The van der Waals surface area contributed by atoms with Crippen LogP contribution >= 0.6 is 0 Å². The highest BCUT2D eigenvalue weighted by Gasteiger charge is 2.51. The topological polar surface area (TPSA) is 92.7 Å². The summed E-state index contributed by atoms with van der Waals surface area (Å²) in [6.45, 7) is 1.88. The van der Waals surface area contributed by atoms with Crippen molar-refractivity contribution in [2.45, 2.75) is 30.1 Å². The number of rotatable bonds is 6. The molecule has 0 spiro atoms. The van der Waals surface area contributed by atoms with Gasteiger partial charge in [-0.1, -0.05) is 17.0 Å². The highest BCUT2D eigenvalue weighted by molar-refractivity contribution is 7.89. The Hall–Kier alpha value is -1.44. The van der Waals surface area contributed by atoms with Crippen LogP contribution in [0.4, 0.5) is 0 Å². The lowest BCUT2D eigenvalue weighted by Gasteiger charge is -2.11. The standard InChI is InChI=1S/C12H15NO5S/c1-2-18-13-19(16,17)10-5-3-9(4-6-10)12(7-8-12)11(14)15/h3-6,13H,2,7-8H2,1H3,(H,14,15). The van der Waals surface area contributed by atoms with Gasteiger partial charge in [0.2, 0.25) is 0 Å². The average Bonchev–Trinajstić information content (AvgIpc) is 3.18. The number of carboxylic acid groups (broad SMARTS) is 1. The molecule has 0 bridgehead atoms. The molecular weight excluding hydrogens is 270 g/mol. The van der Waals surface area contributed by atoms with Gasteiger partial charge >= 0.3 is 5.97 Å². The summed E-state index contributed by atoms with van der Waals surface area (Å²) in [5.41, 5.74) is -0.189. The van der Waals surface area contributed by atoms with Crippen molar-refractivity contribution >= 4 is 16.0 Å². The van der Waals surface area contributed by atoms with Crippen LogP contribution in [0.2, 0.25) is 0 Å². The molecule has 1 aromatic rings. The van der Waals surface area contributed by atoms with Gasteiger partial charge in [-0.2, -0.15) is 0 Å². The molecule has 1 aliphatic carbocycles. The first kappa shape index (κ1) is 14.0. The fourth-order valence-electron chi connectivity index (χ4n) is 1.89. The first-order chi connectivity index (χ1) is 8.92. The van der Waals surface area contributed by atoms with E-state index in [1.807, 2.05) is 4.89 Å². The van der Waals surface area contributed by atoms with E-state index in [2.05, 4.69) is 4.84 Å². The summed E-state index contributed by atoms with van der Waals surface area (Å²) in [4.78, 5) is 17.8. The Kier molecular flexibility index (Phi) is 3.62. The van der Waals surface area contributed by atoms with Crippen molar-refractivity contribution in [1.29, 1.82) is 0 Å². The molecule has 0 unspecified atom stereocenters. The summed E-state index contributed by atoms with van der Waals surface area (Å²) in [6, 6.07) is 5.86.